The van der Waals surface area contributed by atoms with Crippen LogP contribution in [0, 0.1) is 0 Å². The molecule has 3 N–H and O–H groups in total. The van der Waals surface area contributed by atoms with E-state index < -0.39 is 0 Å². The van der Waals surface area contributed by atoms with E-state index in [0.717, 1.165) is 18.7 Å². The van der Waals surface area contributed by atoms with Crippen LogP contribution in [0.4, 0.5) is 11.4 Å². The molecule has 0 spiro atoms. The number of carbonyl (C=O) groups is 1. The molecule has 0 saturated carbocycles. The fourth-order valence-electron chi connectivity index (χ4n) is 1.77. The highest BCUT2D eigenvalue weighted by atomic mass is 32.1. The van der Waals surface area contributed by atoms with Gasteiger partial charge >= 0.3 is 5.97 Å². The average Bonchev–Trinajstić information content (AvgIpc) is 2.92. The van der Waals surface area contributed by atoms with Crippen molar-refractivity contribution in [3.05, 3.63) is 46.2 Å². The van der Waals surface area contributed by atoms with Crippen LogP contribution in [0.3, 0.4) is 0 Å². The van der Waals surface area contributed by atoms with E-state index >= 15 is 0 Å². The molecule has 5 heteroatoms. The van der Waals surface area contributed by atoms with Crippen LogP contribution in [0.2, 0.25) is 0 Å². The first-order chi connectivity index (χ1) is 9.20. The molecular formula is C14H16N2O2S. The molecule has 0 saturated heterocycles. The Bertz CT molecular complexity index is 553. The topological polar surface area (TPSA) is 64.3 Å². The van der Waals surface area contributed by atoms with Crippen molar-refractivity contribution in [2.24, 2.45) is 0 Å². The van der Waals surface area contributed by atoms with E-state index in [2.05, 4.69) is 16.8 Å². The second-order valence-corrected chi connectivity index (χ2v) is 5.08. The van der Waals surface area contributed by atoms with Gasteiger partial charge in [-0.25, -0.2) is 4.79 Å². The number of methoxy groups -OCH3 is 1. The molecular weight excluding hydrogens is 260 g/mol. The van der Waals surface area contributed by atoms with Crippen molar-refractivity contribution in [1.29, 1.82) is 0 Å². The Morgan fingerprint density at radius 3 is 2.95 bits per heavy atom. The molecule has 0 aliphatic rings. The highest BCUT2D eigenvalue weighted by Gasteiger charge is 2.11. The molecule has 1 aromatic heterocycles. The van der Waals surface area contributed by atoms with Crippen LogP contribution in [0.5, 0.6) is 0 Å². The van der Waals surface area contributed by atoms with Gasteiger partial charge in [0, 0.05) is 22.8 Å². The fourth-order valence-corrected chi connectivity index (χ4v) is 2.48. The summed E-state index contributed by atoms with van der Waals surface area (Å²) in [6.45, 7) is 0.758. The predicted molar refractivity (Wildman–Crippen MR) is 78.7 cm³/mol. The van der Waals surface area contributed by atoms with E-state index in [1.807, 2.05) is 6.07 Å². The summed E-state index contributed by atoms with van der Waals surface area (Å²) in [5.41, 5.74) is 7.45. The third-order valence-corrected chi connectivity index (χ3v) is 3.65. The number of hydrogen-bond acceptors (Lipinski definition) is 5. The second kappa shape index (κ2) is 6.24. The van der Waals surface area contributed by atoms with Gasteiger partial charge in [-0.05, 0) is 36.1 Å². The van der Waals surface area contributed by atoms with E-state index in [4.69, 9.17) is 10.5 Å². The summed E-state index contributed by atoms with van der Waals surface area (Å²) in [7, 11) is 1.36. The minimum Gasteiger partial charge on any atom is -0.465 e. The van der Waals surface area contributed by atoms with E-state index in [1.54, 1.807) is 29.5 Å². The van der Waals surface area contributed by atoms with Gasteiger partial charge in [0.1, 0.15) is 0 Å². The molecule has 100 valence electrons. The molecule has 19 heavy (non-hydrogen) atoms. The monoisotopic (exact) mass is 276 g/mol. The quantitative estimate of drug-likeness (QED) is 0.651. The van der Waals surface area contributed by atoms with Crippen LogP contribution in [0.1, 0.15) is 15.2 Å². The lowest BCUT2D eigenvalue weighted by molar-refractivity contribution is 0.0602. The van der Waals surface area contributed by atoms with Crippen molar-refractivity contribution in [3.8, 4) is 0 Å². The van der Waals surface area contributed by atoms with Crippen LogP contribution in [-0.2, 0) is 11.2 Å². The summed E-state index contributed by atoms with van der Waals surface area (Å²) in [6, 6.07) is 9.31. The first-order valence-electron chi connectivity index (χ1n) is 5.95. The minimum atomic E-state index is -0.383. The SMILES string of the molecule is COC(=O)c1cc(N)ccc1NCCc1cccs1. The lowest BCUT2D eigenvalue weighted by Crippen LogP contribution is -2.11. The zero-order valence-electron chi connectivity index (χ0n) is 10.7. The number of esters is 1. The lowest BCUT2D eigenvalue weighted by atomic mass is 10.1. The molecule has 0 radical (unpaired) electrons. The van der Waals surface area contributed by atoms with Gasteiger partial charge in [-0.2, -0.15) is 0 Å². The molecule has 2 rings (SSSR count). The van der Waals surface area contributed by atoms with Crippen LogP contribution >= 0.6 is 11.3 Å². The highest BCUT2D eigenvalue weighted by molar-refractivity contribution is 7.09. The summed E-state index contributed by atoms with van der Waals surface area (Å²) < 4.78 is 4.75. The number of benzene rings is 1. The maximum atomic E-state index is 11.7. The van der Waals surface area contributed by atoms with Crippen LogP contribution in [0.25, 0.3) is 0 Å². The van der Waals surface area contributed by atoms with Crippen LogP contribution in [-0.4, -0.2) is 19.6 Å². The van der Waals surface area contributed by atoms with Crippen molar-refractivity contribution >= 4 is 28.7 Å². The Labute approximate surface area is 116 Å². The van der Waals surface area contributed by atoms with E-state index in [0.29, 0.717) is 11.3 Å². The van der Waals surface area contributed by atoms with Crippen LogP contribution < -0.4 is 11.1 Å². The average molecular weight is 276 g/mol. The van der Waals surface area contributed by atoms with E-state index in [-0.39, 0.29) is 5.97 Å². The molecule has 0 atom stereocenters. The number of nitrogens with two attached hydrogens (primary N) is 1. The standard InChI is InChI=1S/C14H16N2O2S/c1-18-14(17)12-9-10(15)4-5-13(12)16-7-6-11-3-2-8-19-11/h2-5,8-9,16H,6-7,15H2,1H3. The first-order valence-corrected chi connectivity index (χ1v) is 6.83. The number of rotatable bonds is 5. The van der Waals surface area contributed by atoms with E-state index in [9.17, 15) is 4.79 Å². The Morgan fingerprint density at radius 1 is 1.42 bits per heavy atom. The van der Waals surface area contributed by atoms with Crippen LogP contribution in [0.15, 0.2) is 35.7 Å². The number of ether oxygens (including phenoxy) is 1. The summed E-state index contributed by atoms with van der Waals surface area (Å²) in [5.74, 6) is -0.383. The van der Waals surface area contributed by atoms with Gasteiger partial charge in [-0.3, -0.25) is 0 Å². The van der Waals surface area contributed by atoms with Crippen molar-refractivity contribution in [2.45, 2.75) is 6.42 Å². The molecule has 0 amide bonds. The molecule has 0 bridgehead atoms. The zero-order valence-corrected chi connectivity index (χ0v) is 11.5. The fraction of sp³-hybridized carbons (Fsp3) is 0.214. The van der Waals surface area contributed by atoms with E-state index in [1.165, 1.54) is 12.0 Å². The van der Waals surface area contributed by atoms with Gasteiger partial charge in [0.05, 0.1) is 12.7 Å². The zero-order chi connectivity index (χ0) is 13.7. The number of nitrogens with one attached hydrogen (secondary N) is 1. The number of nitrogen functional groups attached to an aromatic ring is 1. The molecule has 0 aliphatic carbocycles. The van der Waals surface area contributed by atoms with Crippen molar-refractivity contribution < 1.29 is 9.53 Å². The smallest absolute Gasteiger partial charge is 0.340 e. The number of anilines is 2. The van der Waals surface area contributed by atoms with Gasteiger partial charge < -0.3 is 15.8 Å². The Hall–Kier alpha value is -2.01. The molecule has 0 fully saturated rings. The molecule has 1 aromatic carbocycles. The first kappa shape index (κ1) is 13.4. The summed E-state index contributed by atoms with van der Waals surface area (Å²) >= 11 is 1.72. The molecule has 1 heterocycles. The van der Waals surface area contributed by atoms with Gasteiger partial charge in [0.15, 0.2) is 0 Å². The third kappa shape index (κ3) is 3.48. The van der Waals surface area contributed by atoms with Gasteiger partial charge in [-0.15, -0.1) is 11.3 Å². The molecule has 4 nitrogen and oxygen atoms in total. The van der Waals surface area contributed by atoms with Crippen molar-refractivity contribution in [3.63, 3.8) is 0 Å². The Morgan fingerprint density at radius 2 is 2.26 bits per heavy atom. The summed E-state index contributed by atoms with van der Waals surface area (Å²) in [6.07, 6.45) is 0.919. The minimum absolute atomic E-state index is 0.383. The van der Waals surface area contributed by atoms with Gasteiger partial charge in [0.2, 0.25) is 0 Å². The summed E-state index contributed by atoms with van der Waals surface area (Å²) in [4.78, 5) is 13.0. The van der Waals surface area contributed by atoms with Crippen molar-refractivity contribution in [2.75, 3.05) is 24.7 Å². The third-order valence-electron chi connectivity index (χ3n) is 2.72. The molecule has 0 aliphatic heterocycles. The van der Waals surface area contributed by atoms with Gasteiger partial charge in [0.25, 0.3) is 0 Å². The Balaban J connectivity index is 2.04. The Kier molecular flexibility index (Phi) is 4.41. The summed E-state index contributed by atoms with van der Waals surface area (Å²) in [5, 5.41) is 5.30. The number of thiophene rings is 1. The maximum absolute atomic E-state index is 11.7. The maximum Gasteiger partial charge on any atom is 0.340 e. The largest absolute Gasteiger partial charge is 0.465 e. The van der Waals surface area contributed by atoms with Crippen molar-refractivity contribution in [1.82, 2.24) is 0 Å². The number of carbonyl (C=O) groups excluding carboxylic acids is 1. The second-order valence-electron chi connectivity index (χ2n) is 4.05. The van der Waals surface area contributed by atoms with Gasteiger partial charge in [-0.1, -0.05) is 6.07 Å². The normalized spacial score (nSPS) is 10.2. The number of hydrogen-bond donors (Lipinski definition) is 2. The predicted octanol–water partition coefficient (Wildman–Crippen LogP) is 2.77. The molecule has 2 aromatic rings. The molecule has 0 unspecified atom stereocenters. The lowest BCUT2D eigenvalue weighted by Gasteiger charge is -2.11. The highest BCUT2D eigenvalue weighted by Crippen LogP contribution is 2.20.